The van der Waals surface area contributed by atoms with Crippen LogP contribution in [-0.2, 0) is 18.9 Å². The van der Waals surface area contributed by atoms with Gasteiger partial charge in [-0.3, -0.25) is 4.79 Å². The molecule has 32 heavy (non-hydrogen) atoms. The Kier molecular flexibility index (Phi) is 5.38. The number of aromatic hydroxyl groups is 1. The van der Waals surface area contributed by atoms with Crippen molar-refractivity contribution in [3.63, 3.8) is 0 Å². The van der Waals surface area contributed by atoms with Gasteiger partial charge < -0.3 is 33.2 Å². The number of benzene rings is 1. The van der Waals surface area contributed by atoms with Crippen LogP contribution >= 0.6 is 0 Å². The first-order chi connectivity index (χ1) is 15.1. The molecule has 1 aromatic carbocycles. The highest BCUT2D eigenvalue weighted by Gasteiger charge is 2.59. The molecule has 1 unspecified atom stereocenters. The lowest BCUT2D eigenvalue weighted by Crippen LogP contribution is -2.63. The minimum Gasteiger partial charge on any atom is -0.506 e. The molecular weight excluding hydrogens is 424 g/mol. The molecule has 0 radical (unpaired) electrons. The number of carbonyl (C=O) groups excluding carboxylic acids is 2. The summed E-state index contributed by atoms with van der Waals surface area (Å²) in [6, 6.07) is 3.01. The Morgan fingerprint density at radius 1 is 1.22 bits per heavy atom. The number of hydrogen-bond acceptors (Lipinski definition) is 10. The van der Waals surface area contributed by atoms with Crippen molar-refractivity contribution in [3.05, 3.63) is 33.7 Å². The summed E-state index contributed by atoms with van der Waals surface area (Å²) in [6.45, 7) is 6.53. The van der Waals surface area contributed by atoms with Crippen molar-refractivity contribution in [3.8, 4) is 11.5 Å². The number of rotatable bonds is 5. The Bertz CT molecular complexity index is 1150. The minimum atomic E-state index is -1.03. The minimum absolute atomic E-state index is 0.0649. The van der Waals surface area contributed by atoms with Gasteiger partial charge in [0.05, 0.1) is 11.0 Å². The number of ketones is 1. The second-order valence-corrected chi connectivity index (χ2v) is 8.08. The molecule has 10 heteroatoms. The zero-order valence-corrected chi connectivity index (χ0v) is 18.3. The Morgan fingerprint density at radius 2 is 1.91 bits per heavy atom. The van der Waals surface area contributed by atoms with Gasteiger partial charge in [0.25, 0.3) is 0 Å². The maximum atomic E-state index is 12.2. The average molecular weight is 448 g/mol. The van der Waals surface area contributed by atoms with E-state index >= 15 is 0 Å². The topological polar surface area (TPSA) is 131 Å². The van der Waals surface area contributed by atoms with Crippen LogP contribution in [0.5, 0.6) is 11.5 Å². The van der Waals surface area contributed by atoms with E-state index in [0.717, 1.165) is 0 Å². The van der Waals surface area contributed by atoms with Crippen molar-refractivity contribution >= 4 is 22.9 Å². The zero-order valence-electron chi connectivity index (χ0n) is 18.3. The number of Topliss-reactive ketones (excluding diaryl/α,β-unsaturated/α-hetero) is 1. The van der Waals surface area contributed by atoms with Gasteiger partial charge in [-0.1, -0.05) is 6.92 Å². The summed E-state index contributed by atoms with van der Waals surface area (Å²) in [7, 11) is 1.50. The number of fused-ring (bicyclic) bond motifs is 2. The van der Waals surface area contributed by atoms with E-state index in [9.17, 15) is 19.5 Å². The van der Waals surface area contributed by atoms with Crippen LogP contribution in [0.1, 0.15) is 43.1 Å². The largest absolute Gasteiger partial charge is 0.509 e. The van der Waals surface area contributed by atoms with Gasteiger partial charge in [0.1, 0.15) is 28.7 Å². The molecule has 2 aliphatic heterocycles. The van der Waals surface area contributed by atoms with Crippen LogP contribution in [-0.4, -0.2) is 54.4 Å². The van der Waals surface area contributed by atoms with Gasteiger partial charge in [-0.25, -0.2) is 9.59 Å². The first-order valence-corrected chi connectivity index (χ1v) is 10.2. The Labute approximate surface area is 182 Å². The van der Waals surface area contributed by atoms with E-state index in [1.807, 2.05) is 13.8 Å². The van der Waals surface area contributed by atoms with E-state index in [1.165, 1.54) is 20.1 Å². The molecule has 2 aromatic rings. The third kappa shape index (κ3) is 3.30. The van der Waals surface area contributed by atoms with Gasteiger partial charge in [0.15, 0.2) is 11.9 Å². The molecule has 1 N–H and O–H groups in total. The van der Waals surface area contributed by atoms with E-state index in [-0.39, 0.29) is 16.7 Å². The summed E-state index contributed by atoms with van der Waals surface area (Å²) in [4.78, 5) is 35.8. The summed E-state index contributed by atoms with van der Waals surface area (Å²) in [5.41, 5.74) is -1.74. The summed E-state index contributed by atoms with van der Waals surface area (Å²) >= 11 is 0. The highest BCUT2D eigenvalue weighted by atomic mass is 16.8. The lowest BCUT2D eigenvalue weighted by molar-refractivity contribution is -0.289. The van der Waals surface area contributed by atoms with Crippen LogP contribution in [0.15, 0.2) is 21.3 Å². The van der Waals surface area contributed by atoms with Crippen molar-refractivity contribution in [1.29, 1.82) is 0 Å². The van der Waals surface area contributed by atoms with Crippen molar-refractivity contribution in [2.75, 3.05) is 7.11 Å². The van der Waals surface area contributed by atoms with Gasteiger partial charge in [0, 0.05) is 12.7 Å². The molecule has 0 amide bonds. The van der Waals surface area contributed by atoms with Gasteiger partial charge in [-0.15, -0.1) is 0 Å². The number of aryl methyl sites for hydroxylation is 1. The highest BCUT2D eigenvalue weighted by molar-refractivity contribution is 6.02. The Hall–Kier alpha value is -3.11. The van der Waals surface area contributed by atoms with Gasteiger partial charge in [-0.05, 0) is 39.3 Å². The molecular formula is C22H24O10. The van der Waals surface area contributed by atoms with Crippen molar-refractivity contribution < 1.29 is 42.8 Å². The maximum absolute atomic E-state index is 12.2. The number of ether oxygens (including phenoxy) is 5. The maximum Gasteiger partial charge on any atom is 0.509 e. The molecule has 10 nitrogen and oxygen atoms in total. The van der Waals surface area contributed by atoms with Crippen LogP contribution in [0.2, 0.25) is 0 Å². The molecule has 0 spiro atoms. The van der Waals surface area contributed by atoms with Crippen LogP contribution < -0.4 is 10.4 Å². The predicted molar refractivity (Wildman–Crippen MR) is 109 cm³/mol. The summed E-state index contributed by atoms with van der Waals surface area (Å²) in [5, 5.41) is 10.6. The second-order valence-electron chi connectivity index (χ2n) is 8.08. The molecule has 2 fully saturated rings. The molecule has 1 aromatic heterocycles. The summed E-state index contributed by atoms with van der Waals surface area (Å²) in [6.07, 6.45) is -3.53. The first-order valence-electron chi connectivity index (χ1n) is 10.2. The fraction of sp³-hybridized carbons (Fsp3) is 0.500. The molecule has 2 aliphatic rings. The van der Waals surface area contributed by atoms with Gasteiger partial charge in [-0.2, -0.15) is 0 Å². The number of carbonyl (C=O) groups is 2. The molecule has 3 heterocycles. The zero-order chi connectivity index (χ0) is 23.4. The van der Waals surface area contributed by atoms with Crippen LogP contribution in [0, 0.1) is 6.92 Å². The molecule has 172 valence electrons. The summed E-state index contributed by atoms with van der Waals surface area (Å²) < 4.78 is 33.7. The lowest BCUT2D eigenvalue weighted by Gasteiger charge is -2.46. The van der Waals surface area contributed by atoms with Crippen LogP contribution in [0.3, 0.4) is 0 Å². The van der Waals surface area contributed by atoms with Crippen molar-refractivity contribution in [2.45, 2.75) is 64.3 Å². The normalized spacial score (nSPS) is 29.3. The van der Waals surface area contributed by atoms with Gasteiger partial charge >= 0.3 is 11.8 Å². The van der Waals surface area contributed by atoms with E-state index in [1.54, 1.807) is 13.0 Å². The molecule has 0 bridgehead atoms. The van der Waals surface area contributed by atoms with E-state index in [4.69, 9.17) is 28.1 Å². The molecule has 5 atom stereocenters. The van der Waals surface area contributed by atoms with Gasteiger partial charge in [0.2, 0.25) is 12.4 Å². The quantitative estimate of drug-likeness (QED) is 0.414. The third-order valence-electron chi connectivity index (χ3n) is 6.14. The first kappa shape index (κ1) is 22.1. The van der Waals surface area contributed by atoms with E-state index < -0.39 is 59.1 Å². The van der Waals surface area contributed by atoms with Crippen molar-refractivity contribution in [1.82, 2.24) is 0 Å². The second kappa shape index (κ2) is 7.79. The SMILES string of the molecule is CC[C@]1(C)OC(Oc2ccc3c(O)c(C(C)=O)c(=O)oc3c2C)[C@@H]2OC(=O)O[C@@H]2[C@H]1OC. The smallest absolute Gasteiger partial charge is 0.506 e. The lowest BCUT2D eigenvalue weighted by atomic mass is 9.86. The molecule has 0 saturated carbocycles. The highest BCUT2D eigenvalue weighted by Crippen LogP contribution is 2.41. The van der Waals surface area contributed by atoms with Crippen molar-refractivity contribution in [2.24, 2.45) is 0 Å². The van der Waals surface area contributed by atoms with Crippen LogP contribution in [0.4, 0.5) is 4.79 Å². The standard InChI is InChI=1S/C22H24O10/c1-6-22(4)18(27-5)16-17(31-21(26)30-16)20(32-22)28-12-8-7-11-14(24)13(10(3)23)19(25)29-15(11)9(12)2/h7-8,16-18,20,24H,6H2,1-5H3/t16-,17+,18+,20?,22-/m0/s1. The fourth-order valence-electron chi connectivity index (χ4n) is 4.26. The predicted octanol–water partition coefficient (Wildman–Crippen LogP) is 2.83. The van der Waals surface area contributed by atoms with E-state index in [0.29, 0.717) is 12.0 Å². The fourth-order valence-corrected chi connectivity index (χ4v) is 4.26. The Morgan fingerprint density at radius 3 is 2.53 bits per heavy atom. The van der Waals surface area contributed by atoms with Crippen LogP contribution in [0.25, 0.3) is 11.0 Å². The monoisotopic (exact) mass is 448 g/mol. The molecule has 0 aliphatic carbocycles. The number of hydrogen-bond donors (Lipinski definition) is 1. The number of methoxy groups -OCH3 is 1. The van der Waals surface area contributed by atoms with E-state index in [2.05, 4.69) is 0 Å². The molecule has 2 saturated heterocycles. The average Bonchev–Trinajstić information content (AvgIpc) is 3.11. The Balaban J connectivity index is 1.75. The summed E-state index contributed by atoms with van der Waals surface area (Å²) in [5.74, 6) is -0.781. The third-order valence-corrected chi connectivity index (χ3v) is 6.14. The molecule has 4 rings (SSSR count).